The molecule has 1 aromatic rings. The molecule has 1 atom stereocenters. The van der Waals surface area contributed by atoms with Gasteiger partial charge in [0.15, 0.2) is 0 Å². The van der Waals surface area contributed by atoms with Crippen molar-refractivity contribution < 1.29 is 14.6 Å². The molecule has 2 saturated heterocycles. The molecule has 8 nitrogen and oxygen atoms in total. The number of aromatic nitrogens is 2. The summed E-state index contributed by atoms with van der Waals surface area (Å²) in [5.74, 6) is 0. The molecule has 1 N–H and O–H groups in total. The zero-order valence-electron chi connectivity index (χ0n) is 14.6. The number of carbonyl (C=O) groups is 1. The number of hydrogen-bond donors (Lipinski definition) is 1. The minimum atomic E-state index is -0.523. The molecule has 4 rings (SSSR count). The fourth-order valence-corrected chi connectivity index (χ4v) is 3.69. The first-order chi connectivity index (χ1) is 12.2. The SMILES string of the molecule is O=C(N1CCOCC1)N1CCN(Cc2cncn2C2CC2)CC(O)C1. The molecule has 1 aliphatic carbocycles. The van der Waals surface area contributed by atoms with E-state index in [1.165, 1.54) is 18.5 Å². The van der Waals surface area contributed by atoms with E-state index in [1.54, 1.807) is 4.90 Å². The normalized spacial score (nSPS) is 25.9. The van der Waals surface area contributed by atoms with Crippen LogP contribution >= 0.6 is 0 Å². The largest absolute Gasteiger partial charge is 0.390 e. The number of aliphatic hydroxyl groups is 1. The highest BCUT2D eigenvalue weighted by Gasteiger charge is 2.30. The Hall–Kier alpha value is -1.64. The Bertz CT molecular complexity index is 597. The molecule has 0 radical (unpaired) electrons. The Morgan fingerprint density at radius 1 is 1.16 bits per heavy atom. The molecule has 3 heterocycles. The van der Waals surface area contributed by atoms with E-state index >= 15 is 0 Å². The van der Waals surface area contributed by atoms with Gasteiger partial charge in [-0.05, 0) is 12.8 Å². The molecule has 2 aliphatic heterocycles. The first kappa shape index (κ1) is 16.8. The third kappa shape index (κ3) is 3.96. The monoisotopic (exact) mass is 349 g/mol. The zero-order chi connectivity index (χ0) is 17.2. The Kier molecular flexibility index (Phi) is 4.91. The maximum absolute atomic E-state index is 12.7. The van der Waals surface area contributed by atoms with Crippen LogP contribution in [-0.2, 0) is 11.3 Å². The van der Waals surface area contributed by atoms with Crippen LogP contribution in [0.15, 0.2) is 12.5 Å². The van der Waals surface area contributed by atoms with Gasteiger partial charge in [0.05, 0.1) is 31.3 Å². The number of nitrogens with zero attached hydrogens (tertiary/aromatic N) is 5. The lowest BCUT2D eigenvalue weighted by Crippen LogP contribution is -2.50. The number of amides is 2. The van der Waals surface area contributed by atoms with E-state index in [0.717, 1.165) is 13.1 Å². The van der Waals surface area contributed by atoms with Crippen molar-refractivity contribution in [3.8, 4) is 0 Å². The van der Waals surface area contributed by atoms with Crippen LogP contribution in [0.1, 0.15) is 24.6 Å². The number of β-amino-alcohol motifs (C(OH)–C–C–N with tert-alkyl or cyclic N) is 1. The van der Waals surface area contributed by atoms with E-state index in [4.69, 9.17) is 4.74 Å². The van der Waals surface area contributed by atoms with Gasteiger partial charge in [-0.2, -0.15) is 0 Å². The molecular weight excluding hydrogens is 322 g/mol. The first-order valence-electron chi connectivity index (χ1n) is 9.23. The summed E-state index contributed by atoms with van der Waals surface area (Å²) in [6, 6.07) is 0.626. The van der Waals surface area contributed by atoms with E-state index in [9.17, 15) is 9.90 Å². The highest BCUT2D eigenvalue weighted by Crippen LogP contribution is 2.35. The summed E-state index contributed by atoms with van der Waals surface area (Å²) < 4.78 is 7.57. The van der Waals surface area contributed by atoms with Crippen molar-refractivity contribution >= 4 is 6.03 Å². The minimum Gasteiger partial charge on any atom is -0.390 e. The van der Waals surface area contributed by atoms with Gasteiger partial charge in [-0.25, -0.2) is 9.78 Å². The lowest BCUT2D eigenvalue weighted by molar-refractivity contribution is 0.0398. The number of morpholine rings is 1. The number of ether oxygens (including phenoxy) is 1. The smallest absolute Gasteiger partial charge is 0.320 e. The van der Waals surface area contributed by atoms with Gasteiger partial charge in [-0.15, -0.1) is 0 Å². The zero-order valence-corrected chi connectivity index (χ0v) is 14.6. The van der Waals surface area contributed by atoms with Gasteiger partial charge >= 0.3 is 6.03 Å². The Labute approximate surface area is 148 Å². The number of rotatable bonds is 3. The number of imidazole rings is 1. The highest BCUT2D eigenvalue weighted by atomic mass is 16.5. The van der Waals surface area contributed by atoms with Crippen LogP contribution in [-0.4, -0.2) is 94.0 Å². The summed E-state index contributed by atoms with van der Waals surface area (Å²) >= 11 is 0. The van der Waals surface area contributed by atoms with Crippen LogP contribution in [0.4, 0.5) is 4.79 Å². The van der Waals surface area contributed by atoms with Crippen LogP contribution in [0.25, 0.3) is 0 Å². The number of hydrogen-bond acceptors (Lipinski definition) is 5. The number of carbonyl (C=O) groups excluding carboxylic acids is 1. The fraction of sp³-hybridized carbons (Fsp3) is 0.765. The molecule has 25 heavy (non-hydrogen) atoms. The molecule has 138 valence electrons. The second-order valence-corrected chi connectivity index (χ2v) is 7.24. The van der Waals surface area contributed by atoms with Crippen molar-refractivity contribution in [3.63, 3.8) is 0 Å². The van der Waals surface area contributed by atoms with Gasteiger partial charge in [0.1, 0.15) is 0 Å². The van der Waals surface area contributed by atoms with Crippen LogP contribution in [0.2, 0.25) is 0 Å². The van der Waals surface area contributed by atoms with Crippen molar-refractivity contribution in [2.24, 2.45) is 0 Å². The third-order valence-electron chi connectivity index (χ3n) is 5.21. The minimum absolute atomic E-state index is 0.0206. The van der Waals surface area contributed by atoms with Crippen molar-refractivity contribution in [2.75, 3.05) is 52.5 Å². The molecule has 0 bridgehead atoms. The van der Waals surface area contributed by atoms with E-state index in [-0.39, 0.29) is 6.03 Å². The van der Waals surface area contributed by atoms with Crippen LogP contribution in [0, 0.1) is 0 Å². The predicted octanol–water partition coefficient (Wildman–Crippen LogP) is 0.149. The van der Waals surface area contributed by atoms with E-state index in [0.29, 0.717) is 52.0 Å². The average Bonchev–Trinajstić information content (AvgIpc) is 3.40. The fourth-order valence-electron chi connectivity index (χ4n) is 3.69. The molecule has 3 aliphatic rings. The molecule has 1 aromatic heterocycles. The predicted molar refractivity (Wildman–Crippen MR) is 91.1 cm³/mol. The maximum atomic E-state index is 12.7. The Balaban J connectivity index is 1.37. The molecule has 0 spiro atoms. The number of urea groups is 1. The summed E-state index contributed by atoms with van der Waals surface area (Å²) in [6.45, 7) is 5.63. The standard InChI is InChI=1S/C17H27N5O3/c23-16-11-19(10-15-9-18-13-22(15)14-1-2-14)3-4-21(12-16)17(24)20-5-7-25-8-6-20/h9,13-14,16,23H,1-8,10-12H2. The second-order valence-electron chi connectivity index (χ2n) is 7.24. The van der Waals surface area contributed by atoms with E-state index < -0.39 is 6.10 Å². The first-order valence-corrected chi connectivity index (χ1v) is 9.23. The number of aliphatic hydroxyl groups excluding tert-OH is 1. The van der Waals surface area contributed by atoms with Crippen molar-refractivity contribution in [1.29, 1.82) is 0 Å². The summed E-state index contributed by atoms with van der Waals surface area (Å²) in [7, 11) is 0. The van der Waals surface area contributed by atoms with Crippen molar-refractivity contribution in [3.05, 3.63) is 18.2 Å². The van der Waals surface area contributed by atoms with Crippen molar-refractivity contribution in [1.82, 2.24) is 24.3 Å². The molecule has 1 unspecified atom stereocenters. The van der Waals surface area contributed by atoms with Gasteiger partial charge in [0, 0.05) is 58.1 Å². The van der Waals surface area contributed by atoms with Gasteiger partial charge < -0.3 is 24.2 Å². The van der Waals surface area contributed by atoms with Gasteiger partial charge in [0.25, 0.3) is 0 Å². The second kappa shape index (κ2) is 7.31. The third-order valence-corrected chi connectivity index (χ3v) is 5.21. The topological polar surface area (TPSA) is 74.1 Å². The van der Waals surface area contributed by atoms with Crippen LogP contribution < -0.4 is 0 Å². The Morgan fingerprint density at radius 3 is 2.72 bits per heavy atom. The molecular formula is C17H27N5O3. The summed E-state index contributed by atoms with van der Waals surface area (Å²) in [5.41, 5.74) is 1.20. The van der Waals surface area contributed by atoms with Crippen LogP contribution in [0.5, 0.6) is 0 Å². The summed E-state index contributed by atoms with van der Waals surface area (Å²) in [6.07, 6.45) is 5.77. The highest BCUT2D eigenvalue weighted by molar-refractivity contribution is 5.74. The molecule has 2 amide bonds. The summed E-state index contributed by atoms with van der Waals surface area (Å²) in [4.78, 5) is 22.8. The molecule has 1 saturated carbocycles. The van der Waals surface area contributed by atoms with Gasteiger partial charge in [-0.1, -0.05) is 0 Å². The van der Waals surface area contributed by atoms with E-state index in [1.807, 2.05) is 17.4 Å². The Morgan fingerprint density at radius 2 is 1.96 bits per heavy atom. The maximum Gasteiger partial charge on any atom is 0.320 e. The van der Waals surface area contributed by atoms with Gasteiger partial charge in [-0.3, -0.25) is 4.90 Å². The molecule has 0 aromatic carbocycles. The molecule has 3 fully saturated rings. The lowest BCUT2D eigenvalue weighted by atomic mass is 10.3. The van der Waals surface area contributed by atoms with Crippen LogP contribution in [0.3, 0.4) is 0 Å². The van der Waals surface area contributed by atoms with Gasteiger partial charge in [0.2, 0.25) is 0 Å². The van der Waals surface area contributed by atoms with Crippen molar-refractivity contribution in [2.45, 2.75) is 31.5 Å². The average molecular weight is 349 g/mol. The van der Waals surface area contributed by atoms with E-state index in [2.05, 4.69) is 14.5 Å². The molecule has 8 heteroatoms. The summed E-state index contributed by atoms with van der Waals surface area (Å²) in [5, 5.41) is 10.4. The lowest BCUT2D eigenvalue weighted by Gasteiger charge is -2.32. The quantitative estimate of drug-likeness (QED) is 0.841.